The molecule has 0 saturated heterocycles. The summed E-state index contributed by atoms with van der Waals surface area (Å²) < 4.78 is 5.73. The van der Waals surface area contributed by atoms with Crippen LogP contribution in [0, 0.1) is 76.9 Å². The monoisotopic (exact) mass is 1330 g/mol. The first-order valence-electron chi connectivity index (χ1n) is 36.1. The number of rotatable bonds is 8. The molecular weight excluding hydrogens is 1240 g/mol. The summed E-state index contributed by atoms with van der Waals surface area (Å²) in [4.78, 5) is 34.0. The van der Waals surface area contributed by atoms with E-state index in [-0.39, 0.29) is 109 Å². The van der Waals surface area contributed by atoms with Crippen molar-refractivity contribution >= 4 is 28.0 Å². The van der Waals surface area contributed by atoms with Crippen molar-refractivity contribution in [3.8, 4) is 46.7 Å². The minimum Gasteiger partial charge on any atom is -0.508 e. The van der Waals surface area contributed by atoms with Crippen molar-refractivity contribution in [1.29, 1.82) is 0 Å². The zero-order valence-corrected chi connectivity index (χ0v) is 57.4. The molecule has 14 heteroatoms. The lowest BCUT2D eigenvalue weighted by atomic mass is 9.64. The second kappa shape index (κ2) is 30.5. The van der Waals surface area contributed by atoms with Crippen LogP contribution in [0.15, 0.2) is 145 Å². The van der Waals surface area contributed by atoms with Crippen LogP contribution in [-0.4, -0.2) is 97.4 Å². The number of Topliss-reactive ketones (excluding diaryl/α,β-unsaturated/α-hetero) is 2. The van der Waals surface area contributed by atoms with Crippen LogP contribution >= 0.6 is 0 Å². The van der Waals surface area contributed by atoms with E-state index < -0.39 is 47.6 Å². The number of β-amino-alcohol motifs (C(OH)–C–C–N with tert-alkyl or cyclic N) is 1. The molecule has 15 atom stereocenters. The van der Waals surface area contributed by atoms with Crippen molar-refractivity contribution in [2.24, 2.45) is 53.3 Å². The third-order valence-corrected chi connectivity index (χ3v) is 23.1. The van der Waals surface area contributed by atoms with Crippen LogP contribution in [0.3, 0.4) is 0 Å². The molecule has 13 rings (SSSR count). The maximum absolute atomic E-state index is 15.8. The smallest absolute Gasteiger partial charge is 0.173 e. The molecule has 15 unspecified atom stereocenters. The van der Waals surface area contributed by atoms with Gasteiger partial charge in [0.05, 0.1) is 31.8 Å². The number of carbonyl (C=O) groups is 2. The number of aryl methyl sites for hydroxylation is 1. The van der Waals surface area contributed by atoms with Gasteiger partial charge >= 0.3 is 0 Å². The van der Waals surface area contributed by atoms with E-state index in [9.17, 15) is 40.5 Å². The van der Waals surface area contributed by atoms with Crippen LogP contribution in [-0.2, 0) is 48.3 Å². The summed E-state index contributed by atoms with van der Waals surface area (Å²) in [5.74, 6) is 12.3. The van der Waals surface area contributed by atoms with Crippen LogP contribution < -0.4 is 20.7 Å². The summed E-state index contributed by atoms with van der Waals surface area (Å²) in [5.41, 5.74) is 11.4. The summed E-state index contributed by atoms with van der Waals surface area (Å²) in [6.07, 6.45) is 9.22. The number of aliphatic hydroxyl groups excluding tert-OH is 4. The maximum Gasteiger partial charge on any atom is 0.173 e. The molecule has 6 aliphatic rings. The number of hydrogen-bond donors (Lipinski definition) is 11. The number of anilines is 1. The number of methoxy groups -OCH3 is 1. The fourth-order valence-electron chi connectivity index (χ4n) is 17.8. The Morgan fingerprint density at radius 3 is 2.33 bits per heavy atom. The minimum absolute atomic E-state index is 0.00809. The molecule has 99 heavy (non-hydrogen) atoms. The molecule has 0 radical (unpaired) electrons. The number of aromatic amines is 1. The van der Waals surface area contributed by atoms with Gasteiger partial charge in [-0.25, -0.2) is 0 Å². The van der Waals surface area contributed by atoms with E-state index >= 15 is 4.79 Å². The van der Waals surface area contributed by atoms with Crippen LogP contribution in [0.25, 0.3) is 10.8 Å². The molecule has 13 bridgehead atoms. The zero-order chi connectivity index (χ0) is 69.0. The van der Waals surface area contributed by atoms with Crippen molar-refractivity contribution in [2.45, 2.75) is 153 Å². The lowest BCUT2D eigenvalue weighted by Crippen LogP contribution is -2.40. The molecule has 2 saturated carbocycles. The Hall–Kier alpha value is -8.60. The molecule has 0 amide bonds. The molecule has 0 spiro atoms. The lowest BCUT2D eigenvalue weighted by Gasteiger charge is -2.40. The topological polar surface area (TPSA) is 237 Å². The first-order chi connectivity index (χ1) is 48.0. The number of fused-ring (bicyclic) bond motifs is 15. The van der Waals surface area contributed by atoms with Gasteiger partial charge in [-0.2, -0.15) is 0 Å². The number of allylic oxidation sites excluding steroid dienone is 2. The van der Waals surface area contributed by atoms with Gasteiger partial charge in [-0.3, -0.25) is 9.59 Å². The summed E-state index contributed by atoms with van der Waals surface area (Å²) in [7, 11) is 1.49. The highest BCUT2D eigenvalue weighted by atomic mass is 16.5. The number of ketones is 2. The quantitative estimate of drug-likeness (QED) is 0.0502. The van der Waals surface area contributed by atoms with Gasteiger partial charge in [0.2, 0.25) is 0 Å². The Labute approximate surface area is 582 Å². The highest BCUT2D eigenvalue weighted by Gasteiger charge is 2.46. The fraction of sp³-hybridized carbons (Fsp3) is 0.435. The van der Waals surface area contributed by atoms with Crippen molar-refractivity contribution in [1.82, 2.24) is 15.6 Å². The number of hydrogen-bond acceptors (Lipinski definition) is 13. The second-order valence-electron chi connectivity index (χ2n) is 29.4. The molecule has 2 aliphatic heterocycles. The third kappa shape index (κ3) is 15.0. The molecule has 2 fully saturated rings. The van der Waals surface area contributed by atoms with E-state index in [0.717, 1.165) is 74.4 Å². The lowest BCUT2D eigenvalue weighted by molar-refractivity contribution is -0.142. The molecule has 11 N–H and O–H groups in total. The van der Waals surface area contributed by atoms with E-state index in [2.05, 4.69) is 120 Å². The van der Waals surface area contributed by atoms with E-state index in [0.29, 0.717) is 98.6 Å². The zero-order valence-electron chi connectivity index (χ0n) is 57.4. The number of aromatic hydroxyl groups is 3. The van der Waals surface area contributed by atoms with E-state index in [4.69, 9.17) is 4.74 Å². The minimum atomic E-state index is -1.92. The first kappa shape index (κ1) is 68.9. The summed E-state index contributed by atoms with van der Waals surface area (Å²) in [6.45, 7) is 7.60. The average molecular weight is 1330 g/mol. The Kier molecular flexibility index (Phi) is 21.2. The van der Waals surface area contributed by atoms with Crippen molar-refractivity contribution in [2.75, 3.05) is 32.1 Å². The van der Waals surface area contributed by atoms with Crippen LogP contribution in [0.5, 0.6) is 23.0 Å². The number of phenols is 3. The number of aromatic nitrogens is 1. The van der Waals surface area contributed by atoms with Crippen molar-refractivity contribution < 1.29 is 50.1 Å². The molecule has 6 aromatic carbocycles. The Bertz CT molecular complexity index is 4300. The number of benzene rings is 6. The average Bonchev–Trinajstić information content (AvgIpc) is 0.944. The standard InChI is InChI=1S/C85H96N4O10/c1-5-13-68-61-35-60-33-55-24-26-70(72-44-80(95)81(99-4)40-56(72)25-27-78(93)85(98)84(97)73(55)39-61)69-19-10-9-18-67(69)59-30-49(2)71(38-53-17-12-21-77(92)75(53)48-90)52(32-59)16-11-20-66(60)57-28-29-87-82(41-57)89-76-43-74-54(34-62(76)31-51-14-7-6-8-15-51)22-23-58(83(74)96)37-65(91)47-86-45-50(3)63-36-64(88-46-63)42-79(68)94/h6-10,12,14-15,17-19,21-23,28,34,36,40-41,43-44,46,49-50,52,55,59-61,65-66,68,70-71,73,79,85-92,94-96,98H,5,13,20,25,27,29-33,35,37-39,42,45,47-48H2,1-4H3. The van der Waals surface area contributed by atoms with Gasteiger partial charge in [0.25, 0.3) is 0 Å². The predicted molar refractivity (Wildman–Crippen MR) is 387 cm³/mol. The van der Waals surface area contributed by atoms with Crippen molar-refractivity contribution in [3.63, 3.8) is 0 Å². The van der Waals surface area contributed by atoms with Gasteiger partial charge in [-0.15, -0.1) is 5.92 Å². The van der Waals surface area contributed by atoms with Crippen LogP contribution in [0.1, 0.15) is 158 Å². The highest BCUT2D eigenvalue weighted by Crippen LogP contribution is 2.51. The second-order valence-corrected chi connectivity index (χ2v) is 29.4. The number of nitrogens with one attached hydrogen (secondary N) is 4. The Morgan fingerprint density at radius 2 is 1.53 bits per heavy atom. The van der Waals surface area contributed by atoms with Gasteiger partial charge in [-0.1, -0.05) is 130 Å². The van der Waals surface area contributed by atoms with Crippen LogP contribution in [0.2, 0.25) is 0 Å². The molecule has 7 aromatic rings. The van der Waals surface area contributed by atoms with Gasteiger partial charge in [0.1, 0.15) is 17.3 Å². The largest absolute Gasteiger partial charge is 0.508 e. The molecule has 516 valence electrons. The van der Waals surface area contributed by atoms with E-state index in [1.165, 1.54) is 7.11 Å². The highest BCUT2D eigenvalue weighted by molar-refractivity contribution is 6.06. The number of dihydropyridines is 1. The van der Waals surface area contributed by atoms with Gasteiger partial charge in [0, 0.05) is 91.6 Å². The Balaban J connectivity index is 1.02. The molecule has 14 nitrogen and oxygen atoms in total. The third-order valence-electron chi connectivity index (χ3n) is 23.1. The normalized spacial score (nSPS) is 28.2. The predicted octanol–water partition coefficient (Wildman–Crippen LogP) is 12.7. The number of ether oxygens (including phenoxy) is 1. The number of phenolic OH excluding ortho intramolecular Hbond substituents is 2. The molecule has 4 aliphatic carbocycles. The summed E-state index contributed by atoms with van der Waals surface area (Å²) in [5, 5.41) is 95.4. The van der Waals surface area contributed by atoms with E-state index in [1.54, 1.807) is 18.2 Å². The molecule has 3 heterocycles. The SMILES string of the molecule is CCCC1C(O)Cc2cc(c[nH]2)C(C)CNCC(O)Cc2ccc3cc(Cc4ccccc4)c(cc3c2O)NC2=CC(=CCN2)C2CC#CC3CC(CC(C)C3Cc3cccc(O)c3CO)c3ccccc3C3C#CC4CC2CC1CC4C(=O)C(O)C(=O)CCc1cc(OC)c(O)cc13. The van der Waals surface area contributed by atoms with Crippen LogP contribution in [0.4, 0.5) is 5.69 Å². The Morgan fingerprint density at radius 1 is 0.707 bits per heavy atom. The summed E-state index contributed by atoms with van der Waals surface area (Å²) >= 11 is 0. The van der Waals surface area contributed by atoms with Gasteiger partial charge < -0.3 is 61.4 Å². The van der Waals surface area contributed by atoms with Gasteiger partial charge in [0.15, 0.2) is 29.2 Å². The number of aliphatic hydroxyl groups is 4. The van der Waals surface area contributed by atoms with Gasteiger partial charge in [-0.05, 0) is 209 Å². The summed E-state index contributed by atoms with van der Waals surface area (Å²) in [6, 6.07) is 37.9. The maximum atomic E-state index is 15.8. The van der Waals surface area contributed by atoms with Crippen molar-refractivity contribution in [3.05, 3.63) is 206 Å². The fourth-order valence-corrected chi connectivity index (χ4v) is 17.8. The van der Waals surface area contributed by atoms with E-state index in [1.807, 2.05) is 60.8 Å². The number of H-pyrrole nitrogens is 1. The molecule has 1 aromatic heterocycles. The molecular formula is C85H96N4O10. The number of carbonyl (C=O) groups excluding carboxylic acids is 2. The first-order valence-corrected chi connectivity index (χ1v) is 36.1.